The molecule has 0 spiro atoms. The van der Waals surface area contributed by atoms with E-state index in [1.54, 1.807) is 18.2 Å². The lowest BCUT2D eigenvalue weighted by Crippen LogP contribution is -2.39. The number of anilines is 1. The van der Waals surface area contributed by atoms with Crippen molar-refractivity contribution in [3.8, 4) is 22.6 Å². The van der Waals surface area contributed by atoms with E-state index in [-0.39, 0.29) is 17.8 Å². The lowest BCUT2D eigenvalue weighted by Gasteiger charge is -2.32. The number of benzene rings is 3. The second kappa shape index (κ2) is 12.6. The van der Waals surface area contributed by atoms with Gasteiger partial charge in [0, 0.05) is 49.7 Å². The average molecular weight is 564 g/mol. The number of carbonyl (C=O) groups is 1. The van der Waals surface area contributed by atoms with E-state index in [9.17, 15) is 18.0 Å². The van der Waals surface area contributed by atoms with Crippen molar-refractivity contribution in [1.82, 2.24) is 4.90 Å². The molecule has 1 fully saturated rings. The molecule has 0 saturated carbocycles. The number of nitrogens with zero attached hydrogens (tertiary/aromatic N) is 2. The summed E-state index contributed by atoms with van der Waals surface area (Å²) in [6.07, 6.45) is 2.41. The normalized spacial score (nSPS) is 16.2. The van der Waals surface area contributed by atoms with E-state index in [1.807, 2.05) is 37.4 Å². The first-order valence-corrected chi connectivity index (χ1v) is 13.7. The minimum Gasteiger partial charge on any atom is -0.490 e. The number of hydrogen-bond donors (Lipinski definition) is 1. The van der Waals surface area contributed by atoms with Crippen LogP contribution in [-0.4, -0.2) is 55.7 Å². The van der Waals surface area contributed by atoms with E-state index >= 15 is 0 Å². The monoisotopic (exact) mass is 563 g/mol. The standard InChI is InChI=1S/C32H32F3N3O3/c1-22-5-2-9-29(30(22)24-10-12-27(13-11-24)41-32(33,34)35)31(39)37-25-7-3-8-28(19-25)40-26-14-17-38(18-15-26)21-23-6-4-16-36-20-23/h2-3,5-13,19-20,26H,4,14-18,21H2,1H3,(H,37,39). The average Bonchev–Trinajstić information content (AvgIpc) is 2.94. The Morgan fingerprint density at radius 3 is 2.49 bits per heavy atom. The van der Waals surface area contributed by atoms with Crippen LogP contribution in [0.4, 0.5) is 18.9 Å². The van der Waals surface area contributed by atoms with Crippen molar-refractivity contribution >= 4 is 17.8 Å². The maximum atomic E-state index is 13.4. The summed E-state index contributed by atoms with van der Waals surface area (Å²) < 4.78 is 48.0. The quantitative estimate of drug-likeness (QED) is 0.319. The lowest BCUT2D eigenvalue weighted by molar-refractivity contribution is -0.274. The Kier molecular flexibility index (Phi) is 8.73. The predicted octanol–water partition coefficient (Wildman–Crippen LogP) is 7.06. The van der Waals surface area contributed by atoms with Crippen LogP contribution in [0.1, 0.15) is 35.2 Å². The van der Waals surface area contributed by atoms with E-state index in [2.05, 4.69) is 26.0 Å². The number of halogens is 3. The maximum Gasteiger partial charge on any atom is 0.573 e. The summed E-state index contributed by atoms with van der Waals surface area (Å²) >= 11 is 0. The van der Waals surface area contributed by atoms with Crippen molar-refractivity contribution in [2.45, 2.75) is 38.7 Å². The Bertz CT molecular complexity index is 1430. The third kappa shape index (κ3) is 7.76. The zero-order valence-electron chi connectivity index (χ0n) is 22.8. The number of amides is 1. The molecule has 0 bridgehead atoms. The van der Waals surface area contributed by atoms with E-state index in [1.165, 1.54) is 29.8 Å². The summed E-state index contributed by atoms with van der Waals surface area (Å²) in [5, 5.41) is 2.95. The van der Waals surface area contributed by atoms with E-state index in [0.717, 1.165) is 51.0 Å². The molecule has 1 amide bonds. The van der Waals surface area contributed by atoms with Crippen LogP contribution in [0.2, 0.25) is 0 Å². The number of piperidine rings is 1. The van der Waals surface area contributed by atoms with Crippen LogP contribution < -0.4 is 14.8 Å². The summed E-state index contributed by atoms with van der Waals surface area (Å²) in [6.45, 7) is 5.55. The number of ether oxygens (including phenoxy) is 2. The van der Waals surface area contributed by atoms with E-state index in [4.69, 9.17) is 4.74 Å². The number of rotatable bonds is 8. The zero-order chi connectivity index (χ0) is 28.8. The molecule has 41 heavy (non-hydrogen) atoms. The van der Waals surface area contributed by atoms with Gasteiger partial charge < -0.3 is 14.8 Å². The third-order valence-electron chi connectivity index (χ3n) is 7.15. The van der Waals surface area contributed by atoms with Gasteiger partial charge in [-0.15, -0.1) is 13.2 Å². The molecule has 6 nitrogen and oxygen atoms in total. The molecule has 0 aliphatic carbocycles. The molecular formula is C32H32F3N3O3. The minimum atomic E-state index is -4.77. The summed E-state index contributed by atoms with van der Waals surface area (Å²) in [7, 11) is 0. The predicted molar refractivity (Wildman–Crippen MR) is 154 cm³/mol. The van der Waals surface area contributed by atoms with Crippen molar-refractivity contribution in [1.29, 1.82) is 0 Å². The van der Waals surface area contributed by atoms with Crippen LogP contribution in [0, 0.1) is 6.92 Å². The first-order valence-electron chi connectivity index (χ1n) is 13.7. The van der Waals surface area contributed by atoms with Crippen molar-refractivity contribution in [2.24, 2.45) is 4.99 Å². The molecule has 2 aliphatic heterocycles. The van der Waals surface area contributed by atoms with Gasteiger partial charge in [0.1, 0.15) is 17.6 Å². The highest BCUT2D eigenvalue weighted by atomic mass is 19.4. The Labute approximate surface area is 237 Å². The molecule has 2 heterocycles. The second-order valence-electron chi connectivity index (χ2n) is 10.2. The minimum absolute atomic E-state index is 0.0962. The zero-order valence-corrected chi connectivity index (χ0v) is 22.8. The Balaban J connectivity index is 1.22. The Morgan fingerprint density at radius 2 is 1.78 bits per heavy atom. The highest BCUT2D eigenvalue weighted by molar-refractivity contribution is 6.09. The molecule has 1 saturated heterocycles. The van der Waals surface area contributed by atoms with Gasteiger partial charge in [-0.1, -0.05) is 36.4 Å². The van der Waals surface area contributed by atoms with Crippen molar-refractivity contribution in [3.63, 3.8) is 0 Å². The van der Waals surface area contributed by atoms with Gasteiger partial charge in [0.2, 0.25) is 0 Å². The smallest absolute Gasteiger partial charge is 0.490 e. The molecule has 3 aromatic carbocycles. The fourth-order valence-corrected chi connectivity index (χ4v) is 5.21. The lowest BCUT2D eigenvalue weighted by atomic mass is 9.94. The van der Waals surface area contributed by atoms with Crippen LogP contribution in [-0.2, 0) is 0 Å². The van der Waals surface area contributed by atoms with Crippen molar-refractivity contribution in [3.05, 3.63) is 89.5 Å². The SMILES string of the molecule is Cc1cccc(C(=O)Nc2cccc(OC3CCN(CC4=CCCN=C4)CC3)c2)c1-c1ccc(OC(F)(F)F)cc1. The van der Waals surface area contributed by atoms with Gasteiger partial charge in [-0.2, -0.15) is 0 Å². The van der Waals surface area contributed by atoms with Gasteiger partial charge in [-0.05, 0) is 78.8 Å². The molecule has 0 atom stereocenters. The van der Waals surface area contributed by atoms with E-state index in [0.29, 0.717) is 28.1 Å². The molecule has 9 heteroatoms. The fraction of sp³-hybridized carbons (Fsp3) is 0.312. The summed E-state index contributed by atoms with van der Waals surface area (Å²) in [5.41, 5.74) is 4.35. The second-order valence-corrected chi connectivity index (χ2v) is 10.2. The molecule has 2 aliphatic rings. The number of nitrogens with one attached hydrogen (secondary N) is 1. The Morgan fingerprint density at radius 1 is 1.02 bits per heavy atom. The first-order chi connectivity index (χ1) is 19.7. The largest absolute Gasteiger partial charge is 0.573 e. The first kappa shape index (κ1) is 28.4. The summed E-state index contributed by atoms with van der Waals surface area (Å²) in [4.78, 5) is 20.2. The van der Waals surface area contributed by atoms with Gasteiger partial charge in [0.05, 0.1) is 0 Å². The van der Waals surface area contributed by atoms with Crippen LogP contribution in [0.5, 0.6) is 11.5 Å². The molecule has 1 N–H and O–H groups in total. The molecule has 214 valence electrons. The number of aliphatic imine (C=N–C) groups is 1. The summed E-state index contributed by atoms with van der Waals surface area (Å²) in [6, 6.07) is 18.2. The van der Waals surface area contributed by atoms with Gasteiger partial charge >= 0.3 is 6.36 Å². The van der Waals surface area contributed by atoms with Crippen molar-refractivity contribution < 1.29 is 27.4 Å². The topological polar surface area (TPSA) is 63.2 Å². The molecule has 3 aromatic rings. The number of alkyl halides is 3. The molecular weight excluding hydrogens is 531 g/mol. The van der Waals surface area contributed by atoms with Gasteiger partial charge in [0.15, 0.2) is 0 Å². The third-order valence-corrected chi connectivity index (χ3v) is 7.15. The Hall–Kier alpha value is -4.11. The van der Waals surface area contributed by atoms with Gasteiger partial charge in [-0.3, -0.25) is 14.7 Å². The van der Waals surface area contributed by atoms with Crippen LogP contribution >= 0.6 is 0 Å². The maximum absolute atomic E-state index is 13.4. The van der Waals surface area contributed by atoms with Crippen LogP contribution in [0.15, 0.2) is 83.4 Å². The van der Waals surface area contributed by atoms with E-state index < -0.39 is 6.36 Å². The number of carbonyl (C=O) groups excluding carboxylic acids is 1. The number of hydrogen-bond acceptors (Lipinski definition) is 5. The molecule has 0 unspecified atom stereocenters. The number of aryl methyl sites for hydroxylation is 1. The molecule has 0 radical (unpaired) electrons. The van der Waals surface area contributed by atoms with Gasteiger partial charge in [-0.25, -0.2) is 0 Å². The summed E-state index contributed by atoms with van der Waals surface area (Å²) in [5.74, 6) is 0.0396. The van der Waals surface area contributed by atoms with Gasteiger partial charge in [0.25, 0.3) is 5.91 Å². The molecule has 0 aromatic heterocycles. The van der Waals surface area contributed by atoms with Crippen LogP contribution in [0.3, 0.4) is 0 Å². The molecule has 5 rings (SSSR count). The van der Waals surface area contributed by atoms with Crippen molar-refractivity contribution in [2.75, 3.05) is 31.5 Å². The highest BCUT2D eigenvalue weighted by Crippen LogP contribution is 2.32. The number of dihydropyridines is 1. The van der Waals surface area contributed by atoms with Crippen LogP contribution in [0.25, 0.3) is 11.1 Å². The fourth-order valence-electron chi connectivity index (χ4n) is 5.21. The number of likely N-dealkylation sites (tertiary alicyclic amines) is 1. The highest BCUT2D eigenvalue weighted by Gasteiger charge is 2.31.